The second-order valence-electron chi connectivity index (χ2n) is 3.97. The van der Waals surface area contributed by atoms with Crippen LogP contribution >= 0.6 is 0 Å². The first-order valence-corrected chi connectivity index (χ1v) is 5.98. The minimum atomic E-state index is 0.230. The van der Waals surface area contributed by atoms with Gasteiger partial charge in [0.2, 0.25) is 0 Å². The molecule has 1 fully saturated rings. The molecule has 1 N–H and O–H groups in total. The largest absolute Gasteiger partial charge is 0.491 e. The molecule has 0 amide bonds. The Kier molecular flexibility index (Phi) is 4.65. The molecule has 0 spiro atoms. The minimum Gasteiger partial charge on any atom is -0.491 e. The maximum absolute atomic E-state index is 5.67. The van der Waals surface area contributed by atoms with Crippen LogP contribution in [0.3, 0.4) is 0 Å². The zero-order valence-corrected chi connectivity index (χ0v) is 9.52. The first-order chi connectivity index (χ1) is 7.95. The van der Waals surface area contributed by atoms with Gasteiger partial charge in [-0.25, -0.2) is 0 Å². The molecule has 1 aliphatic heterocycles. The highest BCUT2D eigenvalue weighted by molar-refractivity contribution is 5.20. The Morgan fingerprint density at radius 2 is 2.00 bits per heavy atom. The fraction of sp³-hybridized carbons (Fsp3) is 0.538. The molecule has 1 aliphatic rings. The molecule has 16 heavy (non-hydrogen) atoms. The van der Waals surface area contributed by atoms with Crippen LogP contribution in [0.2, 0.25) is 0 Å². The smallest absolute Gasteiger partial charge is 0.119 e. The van der Waals surface area contributed by atoms with Crippen LogP contribution in [-0.4, -0.2) is 26.0 Å². The van der Waals surface area contributed by atoms with Crippen molar-refractivity contribution in [1.29, 1.82) is 0 Å². The summed E-state index contributed by atoms with van der Waals surface area (Å²) in [5.41, 5.74) is 0. The van der Waals surface area contributed by atoms with Crippen molar-refractivity contribution in [2.24, 2.45) is 0 Å². The highest BCUT2D eigenvalue weighted by Gasteiger charge is 2.11. The van der Waals surface area contributed by atoms with E-state index >= 15 is 0 Å². The molecule has 1 aromatic rings. The van der Waals surface area contributed by atoms with E-state index in [0.717, 1.165) is 18.7 Å². The first kappa shape index (κ1) is 11.4. The standard InChI is InChI=1S/C13H19NO2/c1-2-6-12(7-3-1)15-10-11-16-13-8-4-5-9-14-13/h1-3,6-7,13-14H,4-5,8-11H2. The Labute approximate surface area is 96.8 Å². The average Bonchev–Trinajstić information content (AvgIpc) is 2.37. The van der Waals surface area contributed by atoms with Crippen LogP contribution in [0.1, 0.15) is 19.3 Å². The van der Waals surface area contributed by atoms with Gasteiger partial charge < -0.3 is 9.47 Å². The van der Waals surface area contributed by atoms with Gasteiger partial charge in [-0.05, 0) is 37.9 Å². The Morgan fingerprint density at radius 1 is 1.12 bits per heavy atom. The Bertz CT molecular complexity index is 283. The molecule has 0 aromatic heterocycles. The number of nitrogens with one attached hydrogen (secondary N) is 1. The predicted molar refractivity (Wildman–Crippen MR) is 63.5 cm³/mol. The number of para-hydroxylation sites is 1. The van der Waals surface area contributed by atoms with Gasteiger partial charge in [-0.1, -0.05) is 18.2 Å². The van der Waals surface area contributed by atoms with Crippen molar-refractivity contribution in [1.82, 2.24) is 5.32 Å². The van der Waals surface area contributed by atoms with Crippen molar-refractivity contribution >= 4 is 0 Å². The fourth-order valence-electron chi connectivity index (χ4n) is 1.83. The number of rotatable bonds is 5. The summed E-state index contributed by atoms with van der Waals surface area (Å²) in [6.45, 7) is 2.33. The SMILES string of the molecule is c1ccc(OCCOC2CCCCN2)cc1. The van der Waals surface area contributed by atoms with Crippen molar-refractivity contribution in [2.45, 2.75) is 25.5 Å². The molecule has 3 nitrogen and oxygen atoms in total. The summed E-state index contributed by atoms with van der Waals surface area (Å²) in [5, 5.41) is 3.34. The lowest BCUT2D eigenvalue weighted by Gasteiger charge is -2.23. The summed E-state index contributed by atoms with van der Waals surface area (Å²) in [5.74, 6) is 0.905. The van der Waals surface area contributed by atoms with Gasteiger partial charge in [0.25, 0.3) is 0 Å². The maximum atomic E-state index is 5.67. The fourth-order valence-corrected chi connectivity index (χ4v) is 1.83. The van der Waals surface area contributed by atoms with Crippen LogP contribution in [0, 0.1) is 0 Å². The number of hydrogen-bond donors (Lipinski definition) is 1. The molecular formula is C13H19NO2. The van der Waals surface area contributed by atoms with Crippen LogP contribution in [-0.2, 0) is 4.74 Å². The monoisotopic (exact) mass is 221 g/mol. The lowest BCUT2D eigenvalue weighted by Crippen LogP contribution is -2.37. The number of benzene rings is 1. The van der Waals surface area contributed by atoms with Gasteiger partial charge in [-0.2, -0.15) is 0 Å². The zero-order valence-electron chi connectivity index (χ0n) is 9.52. The van der Waals surface area contributed by atoms with Crippen molar-refractivity contribution in [3.63, 3.8) is 0 Å². The van der Waals surface area contributed by atoms with Crippen LogP contribution < -0.4 is 10.1 Å². The van der Waals surface area contributed by atoms with E-state index in [9.17, 15) is 0 Å². The quantitative estimate of drug-likeness (QED) is 0.773. The molecule has 1 aromatic carbocycles. The summed E-state index contributed by atoms with van der Waals surface area (Å²) < 4.78 is 11.2. The molecule has 0 bridgehead atoms. The molecule has 2 rings (SSSR count). The van der Waals surface area contributed by atoms with Crippen molar-refractivity contribution in [3.8, 4) is 5.75 Å². The van der Waals surface area contributed by atoms with Gasteiger partial charge in [0.05, 0.1) is 6.61 Å². The van der Waals surface area contributed by atoms with Gasteiger partial charge in [-0.15, -0.1) is 0 Å². The van der Waals surface area contributed by atoms with Crippen LogP contribution in [0.15, 0.2) is 30.3 Å². The maximum Gasteiger partial charge on any atom is 0.119 e. The number of hydrogen-bond acceptors (Lipinski definition) is 3. The lowest BCUT2D eigenvalue weighted by molar-refractivity contribution is -0.00126. The Hall–Kier alpha value is -1.06. The van der Waals surface area contributed by atoms with Crippen molar-refractivity contribution < 1.29 is 9.47 Å². The predicted octanol–water partition coefficient (Wildman–Crippen LogP) is 2.18. The third-order valence-electron chi connectivity index (χ3n) is 2.68. The highest BCUT2D eigenvalue weighted by atomic mass is 16.5. The van der Waals surface area contributed by atoms with E-state index in [2.05, 4.69) is 5.32 Å². The van der Waals surface area contributed by atoms with E-state index in [0.29, 0.717) is 13.2 Å². The van der Waals surface area contributed by atoms with E-state index in [1.807, 2.05) is 30.3 Å². The van der Waals surface area contributed by atoms with Gasteiger partial charge in [0.1, 0.15) is 18.6 Å². The summed E-state index contributed by atoms with van der Waals surface area (Å²) in [6, 6.07) is 9.84. The van der Waals surface area contributed by atoms with E-state index in [1.165, 1.54) is 12.8 Å². The summed E-state index contributed by atoms with van der Waals surface area (Å²) >= 11 is 0. The van der Waals surface area contributed by atoms with Crippen LogP contribution in [0.25, 0.3) is 0 Å². The molecule has 1 heterocycles. The van der Waals surface area contributed by atoms with Gasteiger partial charge >= 0.3 is 0 Å². The second-order valence-corrected chi connectivity index (χ2v) is 3.97. The van der Waals surface area contributed by atoms with E-state index in [1.54, 1.807) is 0 Å². The van der Waals surface area contributed by atoms with Gasteiger partial charge in [-0.3, -0.25) is 5.32 Å². The molecule has 1 saturated heterocycles. The summed E-state index contributed by atoms with van der Waals surface area (Å²) in [6.07, 6.45) is 3.87. The molecule has 88 valence electrons. The molecule has 0 saturated carbocycles. The normalized spacial score (nSPS) is 20.6. The van der Waals surface area contributed by atoms with Crippen molar-refractivity contribution in [3.05, 3.63) is 30.3 Å². The second kappa shape index (κ2) is 6.51. The van der Waals surface area contributed by atoms with E-state index in [4.69, 9.17) is 9.47 Å². The third-order valence-corrected chi connectivity index (χ3v) is 2.68. The molecule has 0 aliphatic carbocycles. The molecular weight excluding hydrogens is 202 g/mol. The van der Waals surface area contributed by atoms with E-state index in [-0.39, 0.29) is 6.23 Å². The molecule has 0 radical (unpaired) electrons. The Balaban J connectivity index is 1.58. The topological polar surface area (TPSA) is 30.5 Å². The molecule has 1 atom stereocenters. The average molecular weight is 221 g/mol. The van der Waals surface area contributed by atoms with Crippen molar-refractivity contribution in [2.75, 3.05) is 19.8 Å². The van der Waals surface area contributed by atoms with Gasteiger partial charge in [0.15, 0.2) is 0 Å². The molecule has 1 unspecified atom stereocenters. The minimum absolute atomic E-state index is 0.230. The van der Waals surface area contributed by atoms with Crippen LogP contribution in [0.4, 0.5) is 0 Å². The van der Waals surface area contributed by atoms with E-state index < -0.39 is 0 Å². The Morgan fingerprint density at radius 3 is 2.75 bits per heavy atom. The first-order valence-electron chi connectivity index (χ1n) is 5.98. The highest BCUT2D eigenvalue weighted by Crippen LogP contribution is 2.09. The third kappa shape index (κ3) is 3.83. The lowest BCUT2D eigenvalue weighted by atomic mass is 10.1. The zero-order chi connectivity index (χ0) is 11.1. The van der Waals surface area contributed by atoms with Crippen LogP contribution in [0.5, 0.6) is 5.75 Å². The number of piperidine rings is 1. The number of ether oxygens (including phenoxy) is 2. The summed E-state index contributed by atoms with van der Waals surface area (Å²) in [7, 11) is 0. The molecule has 3 heteroatoms. The summed E-state index contributed by atoms with van der Waals surface area (Å²) in [4.78, 5) is 0. The van der Waals surface area contributed by atoms with Gasteiger partial charge in [0, 0.05) is 0 Å².